The van der Waals surface area contributed by atoms with Crippen molar-refractivity contribution < 1.29 is 29.4 Å². The second-order valence-electron chi connectivity index (χ2n) is 4.89. The Labute approximate surface area is 135 Å². The average molecular weight is 338 g/mol. The number of aliphatic carboxylic acids is 1. The van der Waals surface area contributed by atoms with Gasteiger partial charge in [-0.25, -0.2) is 9.69 Å². The standard InChI is InChI=1S/C14H14N2O6S/c15-9(14(21)22)6-23-10-5-11(17)16(12(10)18)8-3-1-2-7(4-8)13(19)20/h1-4,9-10H,5-6,15H2,(H,19,20)(H,21,22)/t9-,10+/m1/s1. The quantitative estimate of drug-likeness (QED) is 0.624. The summed E-state index contributed by atoms with van der Waals surface area (Å²) in [4.78, 5) is 47.0. The predicted molar refractivity (Wildman–Crippen MR) is 82.4 cm³/mol. The van der Waals surface area contributed by atoms with Crippen LogP contribution in [0.15, 0.2) is 24.3 Å². The van der Waals surface area contributed by atoms with Crippen LogP contribution >= 0.6 is 11.8 Å². The molecule has 0 radical (unpaired) electrons. The number of carbonyl (C=O) groups is 4. The molecular formula is C14H14N2O6S. The fourth-order valence-corrected chi connectivity index (χ4v) is 3.17. The maximum Gasteiger partial charge on any atom is 0.335 e. The molecule has 0 aromatic heterocycles. The molecule has 0 saturated carbocycles. The van der Waals surface area contributed by atoms with Gasteiger partial charge in [-0.1, -0.05) is 6.07 Å². The number of amides is 2. The number of benzene rings is 1. The topological polar surface area (TPSA) is 138 Å². The van der Waals surface area contributed by atoms with Crippen molar-refractivity contribution in [2.24, 2.45) is 5.73 Å². The summed E-state index contributed by atoms with van der Waals surface area (Å²) < 4.78 is 0. The minimum atomic E-state index is -1.18. The van der Waals surface area contributed by atoms with Gasteiger partial charge in [0.05, 0.1) is 16.5 Å². The summed E-state index contributed by atoms with van der Waals surface area (Å²) in [6.45, 7) is 0. The summed E-state index contributed by atoms with van der Waals surface area (Å²) in [5.74, 6) is -3.30. The number of carbonyl (C=O) groups excluding carboxylic acids is 2. The zero-order valence-electron chi connectivity index (χ0n) is 11.8. The van der Waals surface area contributed by atoms with E-state index in [2.05, 4.69) is 0 Å². The van der Waals surface area contributed by atoms with Gasteiger partial charge >= 0.3 is 11.9 Å². The molecule has 0 spiro atoms. The van der Waals surface area contributed by atoms with Gasteiger partial charge in [0.25, 0.3) is 0 Å². The van der Waals surface area contributed by atoms with Gasteiger partial charge in [-0.3, -0.25) is 14.4 Å². The lowest BCUT2D eigenvalue weighted by molar-refractivity contribution is -0.138. The molecule has 1 heterocycles. The van der Waals surface area contributed by atoms with Gasteiger partial charge in [0.1, 0.15) is 6.04 Å². The number of hydrogen-bond acceptors (Lipinski definition) is 6. The molecule has 9 heteroatoms. The van der Waals surface area contributed by atoms with Crippen LogP contribution in [0.25, 0.3) is 0 Å². The van der Waals surface area contributed by atoms with E-state index in [0.29, 0.717) is 0 Å². The Morgan fingerprint density at radius 2 is 2.04 bits per heavy atom. The number of rotatable bonds is 6. The van der Waals surface area contributed by atoms with Crippen molar-refractivity contribution in [3.63, 3.8) is 0 Å². The first-order valence-electron chi connectivity index (χ1n) is 6.61. The van der Waals surface area contributed by atoms with Gasteiger partial charge in [-0.15, -0.1) is 11.8 Å². The molecule has 0 unspecified atom stereocenters. The number of imide groups is 1. The number of nitrogens with zero attached hydrogens (tertiary/aromatic N) is 1. The van der Waals surface area contributed by atoms with E-state index in [1.165, 1.54) is 24.3 Å². The van der Waals surface area contributed by atoms with E-state index in [1.54, 1.807) is 0 Å². The third-order valence-electron chi connectivity index (χ3n) is 3.25. The highest BCUT2D eigenvalue weighted by Crippen LogP contribution is 2.30. The number of aromatic carboxylic acids is 1. The summed E-state index contributed by atoms with van der Waals surface area (Å²) in [5, 5.41) is 17.0. The summed E-state index contributed by atoms with van der Waals surface area (Å²) in [5.41, 5.74) is 5.53. The number of anilines is 1. The fraction of sp³-hybridized carbons (Fsp3) is 0.286. The van der Waals surface area contributed by atoms with Crippen LogP contribution in [0.3, 0.4) is 0 Å². The highest BCUT2D eigenvalue weighted by Gasteiger charge is 2.40. The van der Waals surface area contributed by atoms with E-state index in [1.807, 2.05) is 0 Å². The van der Waals surface area contributed by atoms with Crippen LogP contribution in [0.2, 0.25) is 0 Å². The molecule has 8 nitrogen and oxygen atoms in total. The van der Waals surface area contributed by atoms with Gasteiger partial charge in [0, 0.05) is 12.2 Å². The molecule has 0 bridgehead atoms. The fourth-order valence-electron chi connectivity index (χ4n) is 2.07. The van der Waals surface area contributed by atoms with Crippen LogP contribution in [-0.4, -0.2) is 51.0 Å². The summed E-state index contributed by atoms with van der Waals surface area (Å²) in [6, 6.07) is 4.40. The first kappa shape index (κ1) is 17.0. The van der Waals surface area contributed by atoms with E-state index in [9.17, 15) is 19.2 Å². The average Bonchev–Trinajstić information content (AvgIpc) is 2.79. The van der Waals surface area contributed by atoms with Crippen LogP contribution in [0.1, 0.15) is 16.8 Å². The van der Waals surface area contributed by atoms with Crippen molar-refractivity contribution in [2.45, 2.75) is 17.7 Å². The molecular weight excluding hydrogens is 324 g/mol. The molecule has 2 atom stereocenters. The SMILES string of the molecule is N[C@H](CS[C@H]1CC(=O)N(c2cccc(C(=O)O)c2)C1=O)C(=O)O. The summed E-state index contributed by atoms with van der Waals surface area (Å²) in [7, 11) is 0. The van der Waals surface area contributed by atoms with Crippen molar-refractivity contribution in [1.82, 2.24) is 0 Å². The zero-order valence-corrected chi connectivity index (χ0v) is 12.7. The third kappa shape index (κ3) is 3.69. The lowest BCUT2D eigenvalue weighted by Crippen LogP contribution is -2.35. The molecule has 23 heavy (non-hydrogen) atoms. The molecule has 1 aliphatic rings. The van der Waals surface area contributed by atoms with Crippen molar-refractivity contribution in [2.75, 3.05) is 10.7 Å². The van der Waals surface area contributed by atoms with Crippen molar-refractivity contribution in [3.05, 3.63) is 29.8 Å². The molecule has 1 saturated heterocycles. The van der Waals surface area contributed by atoms with E-state index in [-0.39, 0.29) is 23.4 Å². The maximum atomic E-state index is 12.3. The molecule has 1 aromatic carbocycles. The highest BCUT2D eigenvalue weighted by molar-refractivity contribution is 8.00. The molecule has 1 aliphatic heterocycles. The van der Waals surface area contributed by atoms with E-state index < -0.39 is 35.0 Å². The first-order valence-corrected chi connectivity index (χ1v) is 7.66. The van der Waals surface area contributed by atoms with Crippen LogP contribution in [-0.2, 0) is 14.4 Å². The molecule has 1 fully saturated rings. The van der Waals surface area contributed by atoms with E-state index in [4.69, 9.17) is 15.9 Å². The number of thioether (sulfide) groups is 1. The Balaban J connectivity index is 2.14. The van der Waals surface area contributed by atoms with Crippen LogP contribution in [0.4, 0.5) is 5.69 Å². The van der Waals surface area contributed by atoms with Gasteiger partial charge < -0.3 is 15.9 Å². The molecule has 122 valence electrons. The van der Waals surface area contributed by atoms with Gasteiger partial charge in [0.15, 0.2) is 0 Å². The predicted octanol–water partition coefficient (Wildman–Crippen LogP) is 0.162. The lowest BCUT2D eigenvalue weighted by atomic mass is 10.2. The van der Waals surface area contributed by atoms with Crippen molar-refractivity contribution >= 4 is 41.2 Å². The number of hydrogen-bond donors (Lipinski definition) is 3. The minimum absolute atomic E-state index is 0.00201. The zero-order chi connectivity index (χ0) is 17.1. The molecule has 2 amide bonds. The Morgan fingerprint density at radius 1 is 1.35 bits per heavy atom. The van der Waals surface area contributed by atoms with E-state index >= 15 is 0 Å². The van der Waals surface area contributed by atoms with Crippen molar-refractivity contribution in [3.8, 4) is 0 Å². The first-order chi connectivity index (χ1) is 10.8. The normalized spacial score (nSPS) is 19.0. The van der Waals surface area contributed by atoms with E-state index in [0.717, 1.165) is 16.7 Å². The Hall–Kier alpha value is -2.39. The van der Waals surface area contributed by atoms with Gasteiger partial charge in [-0.2, -0.15) is 0 Å². The Kier molecular flexibility index (Phi) is 5.02. The molecule has 4 N–H and O–H groups in total. The number of nitrogens with two attached hydrogens (primary N) is 1. The van der Waals surface area contributed by atoms with Gasteiger partial charge in [0.2, 0.25) is 11.8 Å². The summed E-state index contributed by atoms with van der Waals surface area (Å²) >= 11 is 1.01. The Morgan fingerprint density at radius 3 is 2.65 bits per heavy atom. The van der Waals surface area contributed by atoms with Crippen molar-refractivity contribution in [1.29, 1.82) is 0 Å². The second-order valence-corrected chi connectivity index (χ2v) is 6.13. The smallest absolute Gasteiger partial charge is 0.335 e. The van der Waals surface area contributed by atoms with Crippen LogP contribution in [0, 0.1) is 0 Å². The highest BCUT2D eigenvalue weighted by atomic mass is 32.2. The van der Waals surface area contributed by atoms with Crippen LogP contribution < -0.4 is 10.6 Å². The lowest BCUT2D eigenvalue weighted by Gasteiger charge is -2.15. The second kappa shape index (κ2) is 6.80. The molecule has 1 aromatic rings. The number of carboxylic acids is 2. The van der Waals surface area contributed by atoms with Crippen LogP contribution in [0.5, 0.6) is 0 Å². The minimum Gasteiger partial charge on any atom is -0.480 e. The van der Waals surface area contributed by atoms with Gasteiger partial charge in [-0.05, 0) is 18.2 Å². The maximum absolute atomic E-state index is 12.3. The molecule has 0 aliphatic carbocycles. The largest absolute Gasteiger partial charge is 0.480 e. The Bertz CT molecular complexity index is 677. The third-order valence-corrected chi connectivity index (χ3v) is 4.57. The monoisotopic (exact) mass is 338 g/mol. The summed E-state index contributed by atoms with van der Waals surface area (Å²) in [6.07, 6.45) is -0.0763. The molecule has 2 rings (SSSR count). The number of carboxylic acid groups (broad SMARTS) is 2.